The number of benzene rings is 1. The Hall–Kier alpha value is -2.22. The molecule has 2 aromatic heterocycles. The number of nitrogens with one attached hydrogen (secondary N) is 1. The largest absolute Gasteiger partial charge is 0.293 e. The second-order valence-corrected chi connectivity index (χ2v) is 5.96. The first kappa shape index (κ1) is 13.7. The second kappa shape index (κ2) is 6.04. The highest BCUT2D eigenvalue weighted by Crippen LogP contribution is 2.20. The predicted octanol–water partition coefficient (Wildman–Crippen LogP) is 3.96. The van der Waals surface area contributed by atoms with E-state index in [1.165, 1.54) is 4.88 Å². The molecule has 1 aromatic carbocycles. The molecule has 0 amide bonds. The monoisotopic (exact) mass is 293 g/mol. The molecule has 4 heteroatoms. The number of nitriles is 1. The average molecular weight is 293 g/mol. The van der Waals surface area contributed by atoms with Gasteiger partial charge in [-0.1, -0.05) is 18.2 Å². The molecule has 104 valence electrons. The molecule has 0 saturated heterocycles. The average Bonchev–Trinajstić information content (AvgIpc) is 3.01. The van der Waals surface area contributed by atoms with Crippen LogP contribution in [-0.2, 0) is 6.54 Å². The number of rotatable bonds is 4. The molecule has 0 bridgehead atoms. The van der Waals surface area contributed by atoms with Crippen molar-refractivity contribution in [2.45, 2.75) is 19.5 Å². The molecule has 1 atom stereocenters. The summed E-state index contributed by atoms with van der Waals surface area (Å²) in [6.07, 6.45) is 0. The van der Waals surface area contributed by atoms with Gasteiger partial charge in [0.05, 0.1) is 11.6 Å². The van der Waals surface area contributed by atoms with E-state index in [2.05, 4.69) is 28.5 Å². The van der Waals surface area contributed by atoms with E-state index in [1.54, 1.807) is 11.3 Å². The minimum Gasteiger partial charge on any atom is -0.293 e. The standard InChI is InChI=1S/C17H15N3S/c1-12-4-5-13-9-14(6-7-16(13)20-12)17(10-18)19-11-15-3-2-8-21-15/h2-9,17,19H,11H2,1H3. The molecule has 1 N–H and O–H groups in total. The van der Waals surface area contributed by atoms with Gasteiger partial charge in [-0.2, -0.15) is 5.26 Å². The first-order valence-corrected chi connectivity index (χ1v) is 7.67. The highest BCUT2D eigenvalue weighted by atomic mass is 32.1. The molecule has 3 nitrogen and oxygen atoms in total. The minimum atomic E-state index is -0.308. The SMILES string of the molecule is Cc1ccc2cc(C(C#N)NCc3cccs3)ccc2n1. The lowest BCUT2D eigenvalue weighted by atomic mass is 10.0. The lowest BCUT2D eigenvalue weighted by molar-refractivity contribution is 0.636. The molecule has 0 aliphatic rings. The first-order valence-electron chi connectivity index (χ1n) is 6.79. The summed E-state index contributed by atoms with van der Waals surface area (Å²) < 4.78 is 0. The number of aromatic nitrogens is 1. The highest BCUT2D eigenvalue weighted by molar-refractivity contribution is 7.09. The van der Waals surface area contributed by atoms with E-state index < -0.39 is 0 Å². The number of hydrogen-bond donors (Lipinski definition) is 1. The Morgan fingerprint density at radius 2 is 2.19 bits per heavy atom. The number of hydrogen-bond acceptors (Lipinski definition) is 4. The maximum absolute atomic E-state index is 9.40. The topological polar surface area (TPSA) is 48.7 Å². The molecule has 21 heavy (non-hydrogen) atoms. The summed E-state index contributed by atoms with van der Waals surface area (Å²) in [7, 11) is 0. The van der Waals surface area contributed by atoms with E-state index in [0.717, 1.165) is 22.2 Å². The summed E-state index contributed by atoms with van der Waals surface area (Å²) in [5.41, 5.74) is 2.95. The van der Waals surface area contributed by atoms with Crippen LogP contribution in [0.25, 0.3) is 10.9 Å². The maximum Gasteiger partial charge on any atom is 0.121 e. The van der Waals surface area contributed by atoms with E-state index >= 15 is 0 Å². The molecule has 3 rings (SSSR count). The summed E-state index contributed by atoms with van der Waals surface area (Å²) in [6, 6.07) is 16.2. The second-order valence-electron chi connectivity index (χ2n) is 4.93. The quantitative estimate of drug-likeness (QED) is 0.792. The smallest absolute Gasteiger partial charge is 0.121 e. The molecule has 0 radical (unpaired) electrons. The zero-order valence-electron chi connectivity index (χ0n) is 11.7. The van der Waals surface area contributed by atoms with E-state index in [1.807, 2.05) is 42.6 Å². The first-order chi connectivity index (χ1) is 10.3. The maximum atomic E-state index is 9.40. The third-order valence-corrected chi connectivity index (χ3v) is 4.25. The van der Waals surface area contributed by atoms with Gasteiger partial charge in [-0.3, -0.25) is 10.3 Å². The lowest BCUT2D eigenvalue weighted by Crippen LogP contribution is -2.18. The third-order valence-electron chi connectivity index (χ3n) is 3.38. The lowest BCUT2D eigenvalue weighted by Gasteiger charge is -2.12. The Morgan fingerprint density at radius 3 is 2.95 bits per heavy atom. The van der Waals surface area contributed by atoms with Gasteiger partial charge in [0.1, 0.15) is 6.04 Å². The van der Waals surface area contributed by atoms with E-state index in [9.17, 15) is 5.26 Å². The molecule has 1 unspecified atom stereocenters. The Balaban J connectivity index is 1.83. The van der Waals surface area contributed by atoms with Crippen LogP contribution in [0.2, 0.25) is 0 Å². The Morgan fingerprint density at radius 1 is 1.29 bits per heavy atom. The van der Waals surface area contributed by atoms with Crippen LogP contribution in [0.3, 0.4) is 0 Å². The Bertz CT molecular complexity index is 787. The molecule has 0 saturated carbocycles. The van der Waals surface area contributed by atoms with Crippen LogP contribution in [0.15, 0.2) is 47.8 Å². The summed E-state index contributed by atoms with van der Waals surface area (Å²) in [5, 5.41) is 15.8. The number of pyridine rings is 1. The number of fused-ring (bicyclic) bond motifs is 1. The van der Waals surface area contributed by atoms with Crippen LogP contribution in [0.5, 0.6) is 0 Å². The van der Waals surface area contributed by atoms with Gasteiger partial charge >= 0.3 is 0 Å². The van der Waals surface area contributed by atoms with Crippen molar-refractivity contribution in [3.63, 3.8) is 0 Å². The van der Waals surface area contributed by atoms with Gasteiger partial charge in [-0.15, -0.1) is 11.3 Å². The van der Waals surface area contributed by atoms with Gasteiger partial charge in [0.25, 0.3) is 0 Å². The van der Waals surface area contributed by atoms with Crippen LogP contribution in [0, 0.1) is 18.3 Å². The van der Waals surface area contributed by atoms with Crippen molar-refractivity contribution in [1.29, 1.82) is 5.26 Å². The molecular formula is C17H15N3S. The van der Waals surface area contributed by atoms with Crippen molar-refractivity contribution in [2.24, 2.45) is 0 Å². The van der Waals surface area contributed by atoms with E-state index in [0.29, 0.717) is 6.54 Å². The number of nitrogens with zero attached hydrogens (tertiary/aromatic N) is 2. The zero-order valence-corrected chi connectivity index (χ0v) is 12.5. The fraction of sp³-hybridized carbons (Fsp3) is 0.176. The van der Waals surface area contributed by atoms with Gasteiger partial charge < -0.3 is 0 Å². The summed E-state index contributed by atoms with van der Waals surface area (Å²) >= 11 is 1.69. The number of aryl methyl sites for hydroxylation is 1. The summed E-state index contributed by atoms with van der Waals surface area (Å²) in [4.78, 5) is 5.72. The molecule has 0 fully saturated rings. The zero-order chi connectivity index (χ0) is 14.7. The van der Waals surface area contributed by atoms with Crippen molar-refractivity contribution in [3.05, 3.63) is 64.0 Å². The van der Waals surface area contributed by atoms with E-state index in [4.69, 9.17) is 0 Å². The van der Waals surface area contributed by atoms with Gasteiger partial charge in [-0.25, -0.2) is 0 Å². The van der Waals surface area contributed by atoms with E-state index in [-0.39, 0.29) is 6.04 Å². The van der Waals surface area contributed by atoms with Gasteiger partial charge in [0.2, 0.25) is 0 Å². The van der Waals surface area contributed by atoms with Crippen LogP contribution in [-0.4, -0.2) is 4.98 Å². The Labute approximate surface area is 127 Å². The molecule has 0 aliphatic carbocycles. The van der Waals surface area contributed by atoms with Crippen molar-refractivity contribution in [2.75, 3.05) is 0 Å². The molecule has 3 aromatic rings. The van der Waals surface area contributed by atoms with Crippen LogP contribution < -0.4 is 5.32 Å². The van der Waals surface area contributed by atoms with Crippen LogP contribution in [0.4, 0.5) is 0 Å². The highest BCUT2D eigenvalue weighted by Gasteiger charge is 2.11. The fourth-order valence-corrected chi connectivity index (χ4v) is 2.94. The van der Waals surface area contributed by atoms with Crippen LogP contribution >= 0.6 is 11.3 Å². The van der Waals surface area contributed by atoms with Crippen molar-refractivity contribution >= 4 is 22.2 Å². The summed E-state index contributed by atoms with van der Waals surface area (Å²) in [5.74, 6) is 0. The molecule has 0 spiro atoms. The predicted molar refractivity (Wildman–Crippen MR) is 86.0 cm³/mol. The fourth-order valence-electron chi connectivity index (χ4n) is 2.28. The number of thiophene rings is 1. The summed E-state index contributed by atoms with van der Waals surface area (Å²) in [6.45, 7) is 2.69. The normalized spacial score (nSPS) is 12.2. The minimum absolute atomic E-state index is 0.308. The van der Waals surface area contributed by atoms with Gasteiger partial charge in [0, 0.05) is 22.5 Å². The molecular weight excluding hydrogens is 278 g/mol. The molecule has 0 aliphatic heterocycles. The molecule has 2 heterocycles. The van der Waals surface area contributed by atoms with Crippen LogP contribution in [0.1, 0.15) is 22.2 Å². The van der Waals surface area contributed by atoms with Crippen molar-refractivity contribution < 1.29 is 0 Å². The van der Waals surface area contributed by atoms with Gasteiger partial charge in [0.15, 0.2) is 0 Å². The van der Waals surface area contributed by atoms with Gasteiger partial charge in [-0.05, 0) is 42.1 Å². The third kappa shape index (κ3) is 3.10. The van der Waals surface area contributed by atoms with Crippen molar-refractivity contribution in [3.8, 4) is 6.07 Å². The Kier molecular flexibility index (Phi) is 3.96. The van der Waals surface area contributed by atoms with Crippen molar-refractivity contribution in [1.82, 2.24) is 10.3 Å².